The van der Waals surface area contributed by atoms with E-state index in [2.05, 4.69) is 0 Å². The first-order valence-corrected chi connectivity index (χ1v) is 7.77. The van der Waals surface area contributed by atoms with Crippen molar-refractivity contribution in [2.45, 2.75) is 39.0 Å². The van der Waals surface area contributed by atoms with Gasteiger partial charge in [0, 0.05) is 19.5 Å². The van der Waals surface area contributed by atoms with E-state index >= 15 is 0 Å². The molecule has 0 radical (unpaired) electrons. The number of halogens is 2. The highest BCUT2D eigenvalue weighted by molar-refractivity contribution is 5.79. The lowest BCUT2D eigenvalue weighted by Crippen LogP contribution is -2.48. The third-order valence-corrected chi connectivity index (χ3v) is 4.41. The fourth-order valence-electron chi connectivity index (χ4n) is 2.92. The molecule has 1 aromatic rings. The maximum Gasteiger partial charge on any atom is 0.311 e. The van der Waals surface area contributed by atoms with Gasteiger partial charge >= 0.3 is 5.97 Å². The number of rotatable bonds is 5. The van der Waals surface area contributed by atoms with Crippen molar-refractivity contribution in [2.24, 2.45) is 5.41 Å². The average molecular weight is 325 g/mol. The van der Waals surface area contributed by atoms with E-state index < -0.39 is 23.0 Å². The quantitative estimate of drug-likeness (QED) is 0.905. The largest absolute Gasteiger partial charge is 0.481 e. The zero-order chi connectivity index (χ0) is 17.0. The first-order valence-electron chi connectivity index (χ1n) is 7.77. The maximum absolute atomic E-state index is 13.1. The SMILES string of the molecule is CC1(C(=O)O)CCCN(C(=O)CCCc2ccc(F)c(F)c2)C1. The lowest BCUT2D eigenvalue weighted by atomic mass is 9.82. The summed E-state index contributed by atoms with van der Waals surface area (Å²) in [5.41, 5.74) is -0.237. The van der Waals surface area contributed by atoms with Gasteiger partial charge in [-0.2, -0.15) is 0 Å². The molecule has 1 aromatic carbocycles. The summed E-state index contributed by atoms with van der Waals surface area (Å²) in [5, 5.41) is 9.27. The second-order valence-corrected chi connectivity index (χ2v) is 6.39. The molecule has 0 spiro atoms. The van der Waals surface area contributed by atoms with Crippen LogP contribution in [0.15, 0.2) is 18.2 Å². The lowest BCUT2D eigenvalue weighted by Gasteiger charge is -2.37. The van der Waals surface area contributed by atoms with Gasteiger partial charge < -0.3 is 10.0 Å². The van der Waals surface area contributed by atoms with Crippen LogP contribution in [0, 0.1) is 17.0 Å². The van der Waals surface area contributed by atoms with Gasteiger partial charge in [-0.1, -0.05) is 6.07 Å². The topological polar surface area (TPSA) is 57.6 Å². The molecule has 1 heterocycles. The van der Waals surface area contributed by atoms with Crippen molar-refractivity contribution in [3.8, 4) is 0 Å². The number of aliphatic carboxylic acids is 1. The number of hydrogen-bond donors (Lipinski definition) is 1. The van der Waals surface area contributed by atoms with Crippen LogP contribution in [0.2, 0.25) is 0 Å². The Hall–Kier alpha value is -1.98. The second kappa shape index (κ2) is 7.06. The lowest BCUT2D eigenvalue weighted by molar-refractivity contribution is -0.153. The van der Waals surface area contributed by atoms with Crippen LogP contribution in [-0.4, -0.2) is 35.0 Å². The number of carbonyl (C=O) groups is 2. The standard InChI is InChI=1S/C17H21F2NO3/c1-17(16(22)23)8-3-9-20(11-17)15(21)5-2-4-12-6-7-13(18)14(19)10-12/h6-7,10H,2-5,8-9,11H2,1H3,(H,22,23). The van der Waals surface area contributed by atoms with Crippen molar-refractivity contribution < 1.29 is 23.5 Å². The third kappa shape index (κ3) is 4.27. The smallest absolute Gasteiger partial charge is 0.311 e. The minimum absolute atomic E-state index is 0.0836. The fourth-order valence-corrected chi connectivity index (χ4v) is 2.92. The molecule has 1 unspecified atom stereocenters. The highest BCUT2D eigenvalue weighted by atomic mass is 19.2. The molecule has 0 bridgehead atoms. The van der Waals surface area contributed by atoms with Crippen LogP contribution in [0.4, 0.5) is 8.78 Å². The zero-order valence-corrected chi connectivity index (χ0v) is 13.1. The third-order valence-electron chi connectivity index (χ3n) is 4.41. The molecule has 1 atom stereocenters. The number of piperidine rings is 1. The number of aryl methyl sites for hydroxylation is 1. The van der Waals surface area contributed by atoms with E-state index in [0.717, 1.165) is 12.1 Å². The van der Waals surface area contributed by atoms with Crippen LogP contribution in [0.1, 0.15) is 38.2 Å². The van der Waals surface area contributed by atoms with E-state index in [4.69, 9.17) is 0 Å². The molecule has 23 heavy (non-hydrogen) atoms. The summed E-state index contributed by atoms with van der Waals surface area (Å²) in [6.45, 7) is 2.47. The highest BCUT2D eigenvalue weighted by Gasteiger charge is 2.39. The first kappa shape index (κ1) is 17.4. The van der Waals surface area contributed by atoms with Crippen LogP contribution in [0.25, 0.3) is 0 Å². The molecule has 1 N–H and O–H groups in total. The number of benzene rings is 1. The molecule has 1 aliphatic rings. The molecular weight excluding hydrogens is 304 g/mol. The van der Waals surface area contributed by atoms with E-state index in [1.807, 2.05) is 0 Å². The number of nitrogens with zero attached hydrogens (tertiary/aromatic N) is 1. The van der Waals surface area contributed by atoms with Crippen molar-refractivity contribution in [2.75, 3.05) is 13.1 Å². The Morgan fingerprint density at radius 3 is 2.70 bits per heavy atom. The Labute approximate surface area is 134 Å². The van der Waals surface area contributed by atoms with Crippen molar-refractivity contribution in [3.63, 3.8) is 0 Å². The van der Waals surface area contributed by atoms with Crippen molar-refractivity contribution in [3.05, 3.63) is 35.4 Å². The monoisotopic (exact) mass is 325 g/mol. The van der Waals surface area contributed by atoms with Crippen molar-refractivity contribution in [1.29, 1.82) is 0 Å². The summed E-state index contributed by atoms with van der Waals surface area (Å²) in [4.78, 5) is 25.1. The van der Waals surface area contributed by atoms with Gasteiger partial charge in [0.2, 0.25) is 5.91 Å². The minimum atomic E-state index is -0.887. The Morgan fingerprint density at radius 2 is 2.04 bits per heavy atom. The van der Waals surface area contributed by atoms with E-state index in [0.29, 0.717) is 37.8 Å². The van der Waals surface area contributed by atoms with Crippen LogP contribution < -0.4 is 0 Å². The molecular formula is C17H21F2NO3. The molecule has 0 saturated carbocycles. The molecule has 1 fully saturated rings. The number of likely N-dealkylation sites (tertiary alicyclic amines) is 1. The van der Waals surface area contributed by atoms with Gasteiger partial charge in [-0.3, -0.25) is 9.59 Å². The first-order chi connectivity index (χ1) is 10.8. The predicted octanol–water partition coefficient (Wildman–Crippen LogP) is 3.00. The van der Waals surface area contributed by atoms with Crippen LogP contribution in [0.5, 0.6) is 0 Å². The number of hydrogen-bond acceptors (Lipinski definition) is 2. The number of carbonyl (C=O) groups excluding carboxylic acids is 1. The average Bonchev–Trinajstić information content (AvgIpc) is 2.50. The minimum Gasteiger partial charge on any atom is -0.481 e. The van der Waals surface area contributed by atoms with E-state index in [-0.39, 0.29) is 18.9 Å². The van der Waals surface area contributed by atoms with Gasteiger partial charge in [-0.25, -0.2) is 8.78 Å². The Bertz CT molecular complexity index is 606. The summed E-state index contributed by atoms with van der Waals surface area (Å²) in [6, 6.07) is 3.73. The molecule has 2 rings (SSSR count). The summed E-state index contributed by atoms with van der Waals surface area (Å²) in [6.07, 6.45) is 2.52. The molecule has 1 saturated heterocycles. The maximum atomic E-state index is 13.1. The molecule has 0 aromatic heterocycles. The summed E-state index contributed by atoms with van der Waals surface area (Å²) in [7, 11) is 0. The fraction of sp³-hybridized carbons (Fsp3) is 0.529. The predicted molar refractivity (Wildman–Crippen MR) is 80.9 cm³/mol. The molecule has 4 nitrogen and oxygen atoms in total. The van der Waals surface area contributed by atoms with Gasteiger partial charge in [0.15, 0.2) is 11.6 Å². The van der Waals surface area contributed by atoms with Crippen molar-refractivity contribution in [1.82, 2.24) is 4.90 Å². The Kier molecular flexibility index (Phi) is 5.34. The van der Waals surface area contributed by atoms with E-state index in [1.54, 1.807) is 11.8 Å². The summed E-state index contributed by atoms with van der Waals surface area (Å²) < 4.78 is 26.0. The number of amides is 1. The molecule has 0 aliphatic carbocycles. The molecule has 1 amide bonds. The normalized spacial score (nSPS) is 21.3. The van der Waals surface area contributed by atoms with Crippen LogP contribution in [0.3, 0.4) is 0 Å². The molecule has 126 valence electrons. The number of carboxylic acid groups (broad SMARTS) is 1. The highest BCUT2D eigenvalue weighted by Crippen LogP contribution is 2.30. The van der Waals surface area contributed by atoms with Gasteiger partial charge in [0.25, 0.3) is 0 Å². The van der Waals surface area contributed by atoms with Crippen LogP contribution >= 0.6 is 0 Å². The Morgan fingerprint density at radius 1 is 1.30 bits per heavy atom. The second-order valence-electron chi connectivity index (χ2n) is 6.39. The molecule has 6 heteroatoms. The van der Waals surface area contributed by atoms with Crippen molar-refractivity contribution >= 4 is 11.9 Å². The van der Waals surface area contributed by atoms with Gasteiger partial charge in [-0.05, 0) is 50.3 Å². The van der Waals surface area contributed by atoms with Gasteiger partial charge in [0.05, 0.1) is 5.41 Å². The number of carboxylic acids is 1. The zero-order valence-electron chi connectivity index (χ0n) is 13.1. The summed E-state index contributed by atoms with van der Waals surface area (Å²) in [5.74, 6) is -2.73. The van der Waals surface area contributed by atoms with Crippen LogP contribution in [-0.2, 0) is 16.0 Å². The summed E-state index contributed by atoms with van der Waals surface area (Å²) >= 11 is 0. The molecule has 1 aliphatic heterocycles. The van der Waals surface area contributed by atoms with Gasteiger partial charge in [0.1, 0.15) is 0 Å². The van der Waals surface area contributed by atoms with E-state index in [9.17, 15) is 23.5 Å². The van der Waals surface area contributed by atoms with Gasteiger partial charge in [-0.15, -0.1) is 0 Å². The Balaban J connectivity index is 1.84. The van der Waals surface area contributed by atoms with E-state index in [1.165, 1.54) is 6.07 Å².